The van der Waals surface area contributed by atoms with Crippen LogP contribution >= 0.6 is 22.9 Å². The Morgan fingerprint density at radius 1 is 1.03 bits per heavy atom. The Morgan fingerprint density at radius 2 is 1.79 bits per heavy atom. The molecule has 0 N–H and O–H groups in total. The number of aliphatic imine (C=N–C) groups is 1. The summed E-state index contributed by atoms with van der Waals surface area (Å²) < 4.78 is 8.23. The third kappa shape index (κ3) is 4.21. The third-order valence-corrected chi connectivity index (χ3v) is 7.15. The maximum atomic E-state index is 6.55. The molecule has 5 nitrogen and oxygen atoms in total. The summed E-state index contributed by atoms with van der Waals surface area (Å²) in [6.07, 6.45) is 0. The fourth-order valence-corrected chi connectivity index (χ4v) is 5.30. The van der Waals surface area contributed by atoms with Crippen LogP contribution in [0.25, 0.3) is 5.00 Å². The van der Waals surface area contributed by atoms with Gasteiger partial charge in [-0.3, -0.25) is 9.56 Å². The number of ether oxygens (including phenoxy) is 1. The van der Waals surface area contributed by atoms with Gasteiger partial charge in [-0.25, -0.2) is 0 Å². The molecule has 2 aromatic heterocycles. The predicted octanol–water partition coefficient (Wildman–Crippen LogP) is 6.52. The molecule has 0 amide bonds. The number of hydrogen-bond donors (Lipinski definition) is 0. The first-order valence-corrected chi connectivity index (χ1v) is 12.1. The molecule has 4 aromatic rings. The Labute approximate surface area is 202 Å². The molecule has 0 unspecified atom stereocenters. The van der Waals surface area contributed by atoms with E-state index in [9.17, 15) is 0 Å². The van der Waals surface area contributed by atoms with E-state index in [-0.39, 0.29) is 5.41 Å². The fraction of sp³-hybridized carbons (Fsp3) is 0.269. The van der Waals surface area contributed by atoms with Gasteiger partial charge in [0.25, 0.3) is 0 Å². The van der Waals surface area contributed by atoms with Crippen molar-refractivity contribution in [3.8, 4) is 10.8 Å². The van der Waals surface area contributed by atoms with Crippen molar-refractivity contribution in [3.63, 3.8) is 0 Å². The number of aromatic nitrogens is 3. The number of halogens is 1. The molecular weight excluding hydrogens is 452 g/mol. The van der Waals surface area contributed by atoms with Crippen LogP contribution in [0.2, 0.25) is 5.02 Å². The van der Waals surface area contributed by atoms with Crippen molar-refractivity contribution in [2.45, 2.75) is 46.3 Å². The van der Waals surface area contributed by atoms with Gasteiger partial charge in [-0.05, 0) is 42.2 Å². The number of thiophene rings is 1. The molecule has 0 spiro atoms. The normalized spacial score (nSPS) is 13.2. The lowest BCUT2D eigenvalue weighted by atomic mass is 9.87. The molecule has 0 fully saturated rings. The smallest absolute Gasteiger partial charge is 0.160 e. The van der Waals surface area contributed by atoms with E-state index in [1.165, 1.54) is 5.56 Å². The second kappa shape index (κ2) is 8.43. The average molecular weight is 477 g/mol. The highest BCUT2D eigenvalue weighted by atomic mass is 35.5. The second-order valence-corrected chi connectivity index (χ2v) is 10.7. The first-order chi connectivity index (χ1) is 15.8. The summed E-state index contributed by atoms with van der Waals surface area (Å²) >= 11 is 8.22. The van der Waals surface area contributed by atoms with Gasteiger partial charge >= 0.3 is 0 Å². The molecule has 0 bridgehead atoms. The molecule has 1 aliphatic heterocycles. The Kier molecular flexibility index (Phi) is 5.59. The summed E-state index contributed by atoms with van der Waals surface area (Å²) in [4.78, 5) is 5.99. The van der Waals surface area contributed by atoms with Crippen molar-refractivity contribution >= 4 is 28.6 Å². The molecule has 0 aliphatic carbocycles. The summed E-state index contributed by atoms with van der Waals surface area (Å²) in [7, 11) is 0. The molecule has 168 valence electrons. The van der Waals surface area contributed by atoms with Crippen molar-refractivity contribution in [2.75, 3.05) is 0 Å². The lowest BCUT2D eigenvalue weighted by Crippen LogP contribution is -2.10. The molecule has 0 atom stereocenters. The molecule has 3 heterocycles. The zero-order chi connectivity index (χ0) is 23.2. The van der Waals surface area contributed by atoms with Crippen LogP contribution in [0.4, 0.5) is 0 Å². The van der Waals surface area contributed by atoms with E-state index in [1.807, 2.05) is 43.3 Å². The molecule has 0 radical (unpaired) electrons. The minimum atomic E-state index is 0.118. The molecule has 1 aliphatic rings. The van der Waals surface area contributed by atoms with Gasteiger partial charge in [0.2, 0.25) is 0 Å². The van der Waals surface area contributed by atoms with E-state index < -0.39 is 0 Å². The minimum Gasteiger partial charge on any atom is -0.488 e. The van der Waals surface area contributed by atoms with Gasteiger partial charge in [0.15, 0.2) is 5.82 Å². The first kappa shape index (κ1) is 21.9. The van der Waals surface area contributed by atoms with Crippen LogP contribution in [0.1, 0.15) is 54.0 Å². The van der Waals surface area contributed by atoms with Crippen molar-refractivity contribution < 1.29 is 4.74 Å². The Hall–Kier alpha value is -2.96. The topological polar surface area (TPSA) is 52.3 Å². The molecule has 5 rings (SSSR count). The van der Waals surface area contributed by atoms with E-state index >= 15 is 0 Å². The standard InChI is InChI=1S/C26H25ClN4OS/c1-16-29-30-23-14-28-24(20-7-5-6-8-22(20)27)21-13-19(33-25(21)31(16)23)15-32-18-11-9-17(10-12-18)26(2,3)4/h5-13H,14-15H2,1-4H3. The number of benzene rings is 2. The summed E-state index contributed by atoms with van der Waals surface area (Å²) in [6.45, 7) is 9.52. The maximum absolute atomic E-state index is 6.55. The SMILES string of the molecule is Cc1nnc2n1-c1sc(COc3ccc(C(C)(C)C)cc3)cc1C(c1ccccc1Cl)=NC2. The summed E-state index contributed by atoms with van der Waals surface area (Å²) in [5.74, 6) is 2.52. The summed E-state index contributed by atoms with van der Waals surface area (Å²) in [5, 5.41) is 10.3. The number of nitrogens with zero attached hydrogens (tertiary/aromatic N) is 4. The van der Waals surface area contributed by atoms with Crippen molar-refractivity contribution in [2.24, 2.45) is 4.99 Å². The van der Waals surface area contributed by atoms with Crippen LogP contribution in [0.15, 0.2) is 59.6 Å². The van der Waals surface area contributed by atoms with Gasteiger partial charge in [0, 0.05) is 21.0 Å². The van der Waals surface area contributed by atoms with E-state index in [0.717, 1.165) is 44.1 Å². The lowest BCUT2D eigenvalue weighted by molar-refractivity contribution is 0.309. The van der Waals surface area contributed by atoms with E-state index in [2.05, 4.69) is 53.7 Å². The van der Waals surface area contributed by atoms with E-state index in [0.29, 0.717) is 18.2 Å². The summed E-state index contributed by atoms with van der Waals surface area (Å²) in [5.41, 5.74) is 4.22. The predicted molar refractivity (Wildman–Crippen MR) is 134 cm³/mol. The Morgan fingerprint density at radius 3 is 2.52 bits per heavy atom. The van der Waals surface area contributed by atoms with Gasteiger partial charge in [-0.2, -0.15) is 0 Å². The van der Waals surface area contributed by atoms with Crippen molar-refractivity contribution in [1.82, 2.24) is 14.8 Å². The zero-order valence-corrected chi connectivity index (χ0v) is 20.7. The Bertz CT molecular complexity index is 1350. The highest BCUT2D eigenvalue weighted by Gasteiger charge is 2.25. The minimum absolute atomic E-state index is 0.118. The molecule has 33 heavy (non-hydrogen) atoms. The maximum Gasteiger partial charge on any atom is 0.160 e. The second-order valence-electron chi connectivity index (χ2n) is 9.14. The molecule has 2 aromatic carbocycles. The van der Waals surface area contributed by atoms with Crippen LogP contribution in [0.5, 0.6) is 5.75 Å². The van der Waals surface area contributed by atoms with Crippen LogP contribution < -0.4 is 4.74 Å². The van der Waals surface area contributed by atoms with Gasteiger partial charge in [-0.1, -0.05) is 62.7 Å². The number of fused-ring (bicyclic) bond motifs is 3. The largest absolute Gasteiger partial charge is 0.488 e. The van der Waals surface area contributed by atoms with Gasteiger partial charge in [-0.15, -0.1) is 21.5 Å². The molecule has 0 saturated carbocycles. The van der Waals surface area contributed by atoms with Gasteiger partial charge in [0.05, 0.1) is 5.71 Å². The fourth-order valence-electron chi connectivity index (χ4n) is 3.94. The highest BCUT2D eigenvalue weighted by molar-refractivity contribution is 7.15. The zero-order valence-electron chi connectivity index (χ0n) is 19.1. The number of rotatable bonds is 4. The van der Waals surface area contributed by atoms with Crippen molar-refractivity contribution in [3.05, 3.63) is 92.8 Å². The van der Waals surface area contributed by atoms with Gasteiger partial charge in [0.1, 0.15) is 29.7 Å². The third-order valence-electron chi connectivity index (χ3n) is 5.72. The van der Waals surface area contributed by atoms with Gasteiger partial charge < -0.3 is 4.74 Å². The first-order valence-electron chi connectivity index (χ1n) is 10.9. The lowest BCUT2D eigenvalue weighted by Gasteiger charge is -2.19. The molecule has 7 heteroatoms. The van der Waals surface area contributed by atoms with Crippen LogP contribution in [0.3, 0.4) is 0 Å². The van der Waals surface area contributed by atoms with Crippen LogP contribution in [-0.4, -0.2) is 20.5 Å². The highest BCUT2D eigenvalue weighted by Crippen LogP contribution is 2.35. The monoisotopic (exact) mass is 476 g/mol. The Balaban J connectivity index is 1.49. The van der Waals surface area contributed by atoms with Crippen LogP contribution in [-0.2, 0) is 18.6 Å². The number of hydrogen-bond acceptors (Lipinski definition) is 5. The summed E-state index contributed by atoms with van der Waals surface area (Å²) in [6, 6.07) is 18.3. The molecule has 0 saturated heterocycles. The average Bonchev–Trinajstić information content (AvgIpc) is 3.32. The van der Waals surface area contributed by atoms with E-state index in [1.54, 1.807) is 11.3 Å². The number of aryl methyl sites for hydroxylation is 1. The van der Waals surface area contributed by atoms with Crippen LogP contribution in [0, 0.1) is 6.92 Å². The van der Waals surface area contributed by atoms with Crippen molar-refractivity contribution in [1.29, 1.82) is 0 Å². The van der Waals surface area contributed by atoms with E-state index in [4.69, 9.17) is 21.3 Å². The molecular formula is C26H25ClN4OS. The quantitative estimate of drug-likeness (QED) is 0.337.